The molecule has 1 aromatic heterocycles. The van der Waals surface area contributed by atoms with Crippen LogP contribution in [0.2, 0.25) is 0 Å². The molecule has 146 valence electrons. The lowest BCUT2D eigenvalue weighted by molar-refractivity contribution is -0.136. The molecule has 0 bridgehead atoms. The van der Waals surface area contributed by atoms with Crippen molar-refractivity contribution >= 4 is 29.1 Å². The number of nitrogens with one attached hydrogen (secondary N) is 2. The van der Waals surface area contributed by atoms with Gasteiger partial charge >= 0.3 is 11.8 Å². The van der Waals surface area contributed by atoms with Crippen LogP contribution in [0, 0.1) is 0 Å². The highest BCUT2D eigenvalue weighted by Gasteiger charge is 2.32. The monoisotopic (exact) mass is 383 g/mol. The van der Waals surface area contributed by atoms with Gasteiger partial charge in [-0.2, -0.15) is 0 Å². The van der Waals surface area contributed by atoms with E-state index in [9.17, 15) is 19.5 Å². The minimum Gasteiger partial charge on any atom is -0.472 e. The molecule has 0 radical (unpaired) electrons. The quantitative estimate of drug-likeness (QED) is 0.674. The number of amides is 3. The Hall–Kier alpha value is -3.13. The Labute approximate surface area is 161 Å². The van der Waals surface area contributed by atoms with E-state index in [1.54, 1.807) is 17.0 Å². The average Bonchev–Trinajstić information content (AvgIpc) is 3.31. The van der Waals surface area contributed by atoms with Crippen LogP contribution in [0.1, 0.15) is 35.6 Å². The van der Waals surface area contributed by atoms with Gasteiger partial charge in [-0.15, -0.1) is 0 Å². The number of carbonyl (C=O) groups is 3. The molecule has 28 heavy (non-hydrogen) atoms. The summed E-state index contributed by atoms with van der Waals surface area (Å²) in [5.74, 6) is -1.47. The third kappa shape index (κ3) is 3.50. The SMILES string of the molecule is O=C(NCCC(O)c1ccoc1)C(=O)Nc1cc2c3c(c1)CC(=O)N3CCC2. The summed E-state index contributed by atoms with van der Waals surface area (Å²) in [5.41, 5.74) is 4.01. The molecule has 2 aliphatic rings. The molecule has 3 N–H and O–H groups in total. The van der Waals surface area contributed by atoms with Crippen molar-refractivity contribution in [2.75, 3.05) is 23.3 Å². The maximum atomic E-state index is 12.2. The number of benzene rings is 1. The molecule has 4 rings (SSSR count). The standard InChI is InChI=1S/C20H21N3O5/c24-16(13-4-7-28-11-13)3-5-21-19(26)20(27)22-15-8-12-2-1-6-23-17(25)10-14(9-15)18(12)23/h4,7-9,11,16,24H,1-3,5-6,10H2,(H,21,26)(H,22,27). The lowest BCUT2D eigenvalue weighted by Gasteiger charge is -2.26. The number of aryl methyl sites for hydroxylation is 1. The van der Waals surface area contributed by atoms with Gasteiger partial charge in [-0.1, -0.05) is 0 Å². The summed E-state index contributed by atoms with van der Waals surface area (Å²) in [6, 6.07) is 5.23. The van der Waals surface area contributed by atoms with Gasteiger partial charge in [-0.25, -0.2) is 0 Å². The lowest BCUT2D eigenvalue weighted by Crippen LogP contribution is -2.36. The number of anilines is 2. The van der Waals surface area contributed by atoms with Crippen LogP contribution in [0.5, 0.6) is 0 Å². The van der Waals surface area contributed by atoms with E-state index in [0.29, 0.717) is 17.7 Å². The highest BCUT2D eigenvalue weighted by atomic mass is 16.3. The van der Waals surface area contributed by atoms with Gasteiger partial charge < -0.3 is 25.1 Å². The van der Waals surface area contributed by atoms with Gasteiger partial charge in [0.1, 0.15) is 0 Å². The fraction of sp³-hybridized carbons (Fsp3) is 0.350. The number of hydrogen-bond donors (Lipinski definition) is 3. The van der Waals surface area contributed by atoms with Crippen molar-refractivity contribution in [1.82, 2.24) is 5.32 Å². The topological polar surface area (TPSA) is 112 Å². The fourth-order valence-corrected chi connectivity index (χ4v) is 3.77. The minimum atomic E-state index is -0.776. The zero-order valence-corrected chi connectivity index (χ0v) is 15.2. The zero-order valence-electron chi connectivity index (χ0n) is 15.2. The predicted molar refractivity (Wildman–Crippen MR) is 101 cm³/mol. The van der Waals surface area contributed by atoms with Crippen LogP contribution >= 0.6 is 0 Å². The van der Waals surface area contributed by atoms with E-state index in [4.69, 9.17) is 4.42 Å². The number of hydrogen-bond acceptors (Lipinski definition) is 5. The van der Waals surface area contributed by atoms with Crippen LogP contribution in [0.4, 0.5) is 11.4 Å². The molecule has 1 unspecified atom stereocenters. The molecular formula is C20H21N3O5. The molecule has 0 saturated carbocycles. The first-order valence-electron chi connectivity index (χ1n) is 9.28. The van der Waals surface area contributed by atoms with Crippen molar-refractivity contribution in [2.45, 2.75) is 31.8 Å². The second kappa shape index (κ2) is 7.47. The van der Waals surface area contributed by atoms with E-state index >= 15 is 0 Å². The largest absolute Gasteiger partial charge is 0.472 e. The van der Waals surface area contributed by atoms with Gasteiger partial charge in [0, 0.05) is 24.3 Å². The minimum absolute atomic E-state index is 0.0772. The number of aliphatic hydroxyl groups excluding tert-OH is 1. The molecule has 0 spiro atoms. The van der Waals surface area contributed by atoms with Crippen molar-refractivity contribution in [1.29, 1.82) is 0 Å². The Morgan fingerprint density at radius 3 is 2.86 bits per heavy atom. The predicted octanol–water partition coefficient (Wildman–Crippen LogP) is 1.29. The van der Waals surface area contributed by atoms with Crippen molar-refractivity contribution < 1.29 is 23.9 Å². The Morgan fingerprint density at radius 1 is 1.25 bits per heavy atom. The van der Waals surface area contributed by atoms with E-state index in [2.05, 4.69) is 10.6 Å². The number of rotatable bonds is 5. The third-order valence-electron chi connectivity index (χ3n) is 5.10. The smallest absolute Gasteiger partial charge is 0.313 e. The number of nitrogens with zero attached hydrogens (tertiary/aromatic N) is 1. The Morgan fingerprint density at radius 2 is 2.07 bits per heavy atom. The molecule has 3 amide bonds. The highest BCUT2D eigenvalue weighted by Crippen LogP contribution is 2.38. The molecule has 0 saturated heterocycles. The summed E-state index contributed by atoms with van der Waals surface area (Å²) >= 11 is 0. The second-order valence-corrected chi connectivity index (χ2v) is 7.04. The summed E-state index contributed by atoms with van der Waals surface area (Å²) in [6.07, 6.45) is 4.44. The van der Waals surface area contributed by atoms with Crippen molar-refractivity contribution in [3.8, 4) is 0 Å². The summed E-state index contributed by atoms with van der Waals surface area (Å²) < 4.78 is 4.90. The third-order valence-corrected chi connectivity index (χ3v) is 5.10. The van der Waals surface area contributed by atoms with E-state index in [1.807, 2.05) is 6.07 Å². The highest BCUT2D eigenvalue weighted by molar-refractivity contribution is 6.39. The van der Waals surface area contributed by atoms with E-state index in [1.165, 1.54) is 12.5 Å². The molecule has 0 aliphatic carbocycles. The van der Waals surface area contributed by atoms with Gasteiger partial charge in [0.05, 0.1) is 30.7 Å². The van der Waals surface area contributed by atoms with Gasteiger partial charge in [0.15, 0.2) is 0 Å². The van der Waals surface area contributed by atoms with Crippen molar-refractivity contribution in [3.05, 3.63) is 47.4 Å². The van der Waals surface area contributed by atoms with Crippen LogP contribution in [0.15, 0.2) is 35.1 Å². The number of carbonyl (C=O) groups excluding carboxylic acids is 3. The molecule has 3 heterocycles. The van der Waals surface area contributed by atoms with E-state index < -0.39 is 17.9 Å². The number of furan rings is 1. The van der Waals surface area contributed by atoms with Gasteiger partial charge in [0.25, 0.3) is 0 Å². The molecule has 2 aromatic rings. The van der Waals surface area contributed by atoms with Crippen LogP contribution in [-0.2, 0) is 27.2 Å². The lowest BCUT2D eigenvalue weighted by atomic mass is 9.99. The van der Waals surface area contributed by atoms with Crippen molar-refractivity contribution in [2.24, 2.45) is 0 Å². The maximum absolute atomic E-state index is 12.2. The maximum Gasteiger partial charge on any atom is 0.313 e. The van der Waals surface area contributed by atoms with Crippen LogP contribution < -0.4 is 15.5 Å². The van der Waals surface area contributed by atoms with E-state index in [0.717, 1.165) is 36.2 Å². The summed E-state index contributed by atoms with van der Waals surface area (Å²) in [6.45, 7) is 0.884. The molecule has 8 nitrogen and oxygen atoms in total. The van der Waals surface area contributed by atoms with Crippen molar-refractivity contribution in [3.63, 3.8) is 0 Å². The molecule has 8 heteroatoms. The fourth-order valence-electron chi connectivity index (χ4n) is 3.77. The Balaban J connectivity index is 1.34. The molecule has 0 fully saturated rings. The molecule has 1 atom stereocenters. The number of aliphatic hydroxyl groups is 1. The average molecular weight is 383 g/mol. The molecule has 1 aromatic carbocycles. The zero-order chi connectivity index (χ0) is 19.7. The molecular weight excluding hydrogens is 362 g/mol. The Bertz CT molecular complexity index is 922. The molecule has 2 aliphatic heterocycles. The first-order valence-corrected chi connectivity index (χ1v) is 9.28. The Kier molecular flexibility index (Phi) is 4.87. The first kappa shape index (κ1) is 18.2. The normalized spacial score (nSPS) is 15.9. The van der Waals surface area contributed by atoms with Crippen LogP contribution in [-0.4, -0.2) is 35.9 Å². The summed E-state index contributed by atoms with van der Waals surface area (Å²) in [4.78, 5) is 38.1. The van der Waals surface area contributed by atoms with Crippen LogP contribution in [0.25, 0.3) is 0 Å². The second-order valence-electron chi connectivity index (χ2n) is 7.04. The summed E-state index contributed by atoms with van der Waals surface area (Å²) in [5, 5.41) is 15.1. The van der Waals surface area contributed by atoms with Crippen LogP contribution in [0.3, 0.4) is 0 Å². The van der Waals surface area contributed by atoms with Gasteiger partial charge in [-0.3, -0.25) is 14.4 Å². The summed E-state index contributed by atoms with van der Waals surface area (Å²) in [7, 11) is 0. The van der Waals surface area contributed by atoms with Gasteiger partial charge in [-0.05, 0) is 48.6 Å². The first-order chi connectivity index (χ1) is 13.5. The van der Waals surface area contributed by atoms with Gasteiger partial charge in [0.2, 0.25) is 5.91 Å². The van der Waals surface area contributed by atoms with E-state index in [-0.39, 0.29) is 18.9 Å².